The SMILES string of the molecule is Cc1cc(C)c(-[n+]2[c-]n(-c3cccc(-n4c5cc(-c6ccccn6)ccc5c5c6c(ccc54)sc4ccccc46)c3)c3ccccc32)c(C)c1. The summed E-state index contributed by atoms with van der Waals surface area (Å²) >= 11 is 1.87. The zero-order valence-electron chi connectivity index (χ0n) is 28.0. The van der Waals surface area contributed by atoms with Gasteiger partial charge < -0.3 is 4.57 Å². The van der Waals surface area contributed by atoms with Gasteiger partial charge in [-0.2, -0.15) is 0 Å². The molecule has 0 atom stereocenters. The van der Waals surface area contributed by atoms with Crippen molar-refractivity contribution in [3.05, 3.63) is 163 Å². The van der Waals surface area contributed by atoms with E-state index in [-0.39, 0.29) is 0 Å². The van der Waals surface area contributed by atoms with Crippen molar-refractivity contribution in [1.82, 2.24) is 14.1 Å². The lowest BCUT2D eigenvalue weighted by Gasteiger charge is -2.12. The summed E-state index contributed by atoms with van der Waals surface area (Å²) in [6.45, 7) is 6.54. The molecule has 0 unspecified atom stereocenters. The third-order valence-corrected chi connectivity index (χ3v) is 11.1. The van der Waals surface area contributed by atoms with Crippen LogP contribution >= 0.6 is 11.3 Å². The molecule has 0 fully saturated rings. The minimum absolute atomic E-state index is 0.964. The first-order valence-electron chi connectivity index (χ1n) is 17.0. The lowest BCUT2D eigenvalue weighted by atomic mass is 10.0. The number of hydrogen-bond donors (Lipinski definition) is 0. The van der Waals surface area contributed by atoms with Crippen molar-refractivity contribution in [2.75, 3.05) is 0 Å². The zero-order chi connectivity index (χ0) is 33.5. The predicted octanol–water partition coefficient (Wildman–Crippen LogP) is 11.2. The highest BCUT2D eigenvalue weighted by atomic mass is 32.1. The number of fused-ring (bicyclic) bond motifs is 8. The van der Waals surface area contributed by atoms with Crippen LogP contribution in [-0.4, -0.2) is 14.1 Å². The molecule has 5 heteroatoms. The molecule has 238 valence electrons. The largest absolute Gasteiger partial charge is 0.310 e. The summed E-state index contributed by atoms with van der Waals surface area (Å²) in [6, 6.07) is 48.3. The molecular formula is C45H32N4S. The van der Waals surface area contributed by atoms with Crippen LogP contribution in [0.5, 0.6) is 0 Å². The number of imidazole rings is 1. The van der Waals surface area contributed by atoms with Crippen LogP contribution in [0.15, 0.2) is 140 Å². The number of pyridine rings is 1. The monoisotopic (exact) mass is 660 g/mol. The molecule has 10 rings (SSSR count). The first-order valence-corrected chi connectivity index (χ1v) is 17.8. The van der Waals surface area contributed by atoms with Crippen LogP contribution in [0.25, 0.3) is 81.3 Å². The smallest absolute Gasteiger partial charge is 0.269 e. The summed E-state index contributed by atoms with van der Waals surface area (Å²) in [5, 5.41) is 5.15. The number of thiophene rings is 1. The highest BCUT2D eigenvalue weighted by Gasteiger charge is 2.20. The first-order chi connectivity index (χ1) is 24.5. The highest BCUT2D eigenvalue weighted by molar-refractivity contribution is 7.26. The maximum atomic E-state index is 4.70. The van der Waals surface area contributed by atoms with Crippen molar-refractivity contribution >= 4 is 64.3 Å². The Morgan fingerprint density at radius 1 is 0.600 bits per heavy atom. The summed E-state index contributed by atoms with van der Waals surface area (Å²) in [4.78, 5) is 4.70. The summed E-state index contributed by atoms with van der Waals surface area (Å²) in [7, 11) is 0. The van der Waals surface area contributed by atoms with E-state index in [1.165, 1.54) is 58.8 Å². The topological polar surface area (TPSA) is 26.6 Å². The molecule has 0 aliphatic carbocycles. The molecule has 4 heterocycles. The molecule has 50 heavy (non-hydrogen) atoms. The number of nitrogens with zero attached hydrogens (tertiary/aromatic N) is 4. The third kappa shape index (κ3) is 4.30. The van der Waals surface area contributed by atoms with Crippen molar-refractivity contribution in [2.45, 2.75) is 20.8 Å². The Balaban J connectivity index is 1.25. The van der Waals surface area contributed by atoms with Crippen LogP contribution in [0.1, 0.15) is 16.7 Å². The minimum Gasteiger partial charge on any atom is -0.310 e. The number of para-hydroxylation sites is 2. The number of aromatic nitrogens is 4. The number of hydrogen-bond acceptors (Lipinski definition) is 2. The molecule has 0 saturated heterocycles. The molecule has 0 saturated carbocycles. The molecule has 10 aromatic rings. The van der Waals surface area contributed by atoms with Gasteiger partial charge in [0.2, 0.25) is 0 Å². The van der Waals surface area contributed by atoms with Crippen LogP contribution in [0.3, 0.4) is 0 Å². The molecule has 0 radical (unpaired) electrons. The van der Waals surface area contributed by atoms with Crippen LogP contribution in [-0.2, 0) is 0 Å². The van der Waals surface area contributed by atoms with Gasteiger partial charge in [0.15, 0.2) is 0 Å². The lowest BCUT2D eigenvalue weighted by Crippen LogP contribution is -2.32. The van der Waals surface area contributed by atoms with Crippen molar-refractivity contribution in [3.8, 4) is 28.3 Å². The van der Waals surface area contributed by atoms with Crippen molar-refractivity contribution in [3.63, 3.8) is 0 Å². The van der Waals surface area contributed by atoms with Gasteiger partial charge >= 0.3 is 0 Å². The van der Waals surface area contributed by atoms with Crippen LogP contribution in [0.2, 0.25) is 0 Å². The molecule has 0 N–H and O–H groups in total. The minimum atomic E-state index is 0.964. The first kappa shape index (κ1) is 28.9. The van der Waals surface area contributed by atoms with Gasteiger partial charge in [0.1, 0.15) is 0 Å². The van der Waals surface area contributed by atoms with Gasteiger partial charge in [0.05, 0.1) is 39.1 Å². The van der Waals surface area contributed by atoms with Crippen molar-refractivity contribution in [1.29, 1.82) is 0 Å². The van der Waals surface area contributed by atoms with E-state index in [2.05, 4.69) is 168 Å². The van der Waals surface area contributed by atoms with Crippen LogP contribution in [0.4, 0.5) is 0 Å². The second-order valence-corrected chi connectivity index (χ2v) is 14.3. The summed E-state index contributed by atoms with van der Waals surface area (Å²) in [5.41, 5.74) is 13.7. The van der Waals surface area contributed by atoms with E-state index in [1.807, 2.05) is 23.6 Å². The molecule has 4 nitrogen and oxygen atoms in total. The van der Waals surface area contributed by atoms with E-state index < -0.39 is 0 Å². The normalized spacial score (nSPS) is 11.9. The highest BCUT2D eigenvalue weighted by Crippen LogP contribution is 2.44. The fraction of sp³-hybridized carbons (Fsp3) is 0.0667. The molecule has 0 amide bonds. The fourth-order valence-electron chi connectivity index (χ4n) is 8.01. The van der Waals surface area contributed by atoms with Gasteiger partial charge in [-0.1, -0.05) is 84.4 Å². The Morgan fingerprint density at radius 3 is 2.26 bits per heavy atom. The Kier molecular flexibility index (Phi) is 6.36. The maximum absolute atomic E-state index is 4.70. The Morgan fingerprint density at radius 2 is 1.40 bits per heavy atom. The molecule has 0 bridgehead atoms. The third-order valence-electron chi connectivity index (χ3n) is 10.00. The molecule has 0 aliphatic heterocycles. The Hall–Kier alpha value is -6.04. The fourth-order valence-corrected chi connectivity index (χ4v) is 9.12. The average Bonchev–Trinajstić information content (AvgIpc) is 3.81. The molecule has 6 aromatic carbocycles. The number of rotatable bonds is 4. The quantitative estimate of drug-likeness (QED) is 0.136. The van der Waals surface area contributed by atoms with Gasteiger partial charge in [0, 0.05) is 48.4 Å². The van der Waals surface area contributed by atoms with E-state index >= 15 is 0 Å². The standard InChI is InChI=1S/C45H32N4S/c1-28-23-29(2)45(30(3)24-28)48-27-47(37-15-5-6-16-38(37)48)32-11-10-12-33(26-32)49-39-20-21-42-44(35-13-4-7-17-41(35)50-42)43(39)34-19-18-31(25-40(34)49)36-14-8-9-22-46-36/h4-26H,1-3H3. The summed E-state index contributed by atoms with van der Waals surface area (Å²) in [6.07, 6.45) is 5.62. The summed E-state index contributed by atoms with van der Waals surface area (Å²) < 4.78 is 9.48. The van der Waals surface area contributed by atoms with Crippen LogP contribution < -0.4 is 4.57 Å². The van der Waals surface area contributed by atoms with Crippen LogP contribution in [0, 0.1) is 27.1 Å². The van der Waals surface area contributed by atoms with Gasteiger partial charge in [-0.25, -0.2) is 0 Å². The van der Waals surface area contributed by atoms with E-state index in [9.17, 15) is 0 Å². The van der Waals surface area contributed by atoms with E-state index in [0.29, 0.717) is 0 Å². The second-order valence-electron chi connectivity index (χ2n) is 13.2. The second kappa shape index (κ2) is 11.0. The lowest BCUT2D eigenvalue weighted by molar-refractivity contribution is -0.573. The zero-order valence-corrected chi connectivity index (χ0v) is 28.8. The summed E-state index contributed by atoms with van der Waals surface area (Å²) in [5.74, 6) is 0. The van der Waals surface area contributed by atoms with E-state index in [1.54, 1.807) is 0 Å². The molecule has 0 spiro atoms. The number of aryl methyl sites for hydroxylation is 3. The van der Waals surface area contributed by atoms with Gasteiger partial charge in [-0.3, -0.25) is 14.1 Å². The molecule has 0 aliphatic rings. The Bertz CT molecular complexity index is 2940. The van der Waals surface area contributed by atoms with Crippen molar-refractivity contribution < 1.29 is 4.57 Å². The predicted molar refractivity (Wildman–Crippen MR) is 208 cm³/mol. The molecule has 4 aromatic heterocycles. The van der Waals surface area contributed by atoms with Gasteiger partial charge in [-0.05, 0) is 86.5 Å². The Labute approximate surface area is 293 Å². The number of benzene rings is 6. The van der Waals surface area contributed by atoms with Crippen molar-refractivity contribution in [2.24, 2.45) is 0 Å². The average molecular weight is 661 g/mol. The van der Waals surface area contributed by atoms with E-state index in [0.717, 1.165) is 39.2 Å². The molecular weight excluding hydrogens is 629 g/mol. The van der Waals surface area contributed by atoms with Gasteiger partial charge in [-0.15, -0.1) is 11.3 Å². The maximum Gasteiger partial charge on any atom is 0.269 e. The van der Waals surface area contributed by atoms with E-state index in [4.69, 9.17) is 4.98 Å². The van der Waals surface area contributed by atoms with Gasteiger partial charge in [0.25, 0.3) is 6.33 Å².